The fourth-order valence-electron chi connectivity index (χ4n) is 2.76. The highest BCUT2D eigenvalue weighted by molar-refractivity contribution is 6.42. The molecule has 0 atom stereocenters. The molecule has 0 unspecified atom stereocenters. The van der Waals surface area contributed by atoms with Gasteiger partial charge in [0.25, 0.3) is 11.8 Å². The number of halogens is 2. The highest BCUT2D eigenvalue weighted by Crippen LogP contribution is 2.25. The molecule has 0 fully saturated rings. The summed E-state index contributed by atoms with van der Waals surface area (Å²) in [7, 11) is 0. The van der Waals surface area contributed by atoms with E-state index >= 15 is 0 Å². The van der Waals surface area contributed by atoms with Crippen LogP contribution in [0.2, 0.25) is 10.0 Å². The molecule has 0 radical (unpaired) electrons. The molecule has 8 heteroatoms. The smallest absolute Gasteiger partial charge is 0.266 e. The number of anilines is 2. The zero-order valence-corrected chi connectivity index (χ0v) is 19.1. The Labute approximate surface area is 201 Å². The second-order valence-corrected chi connectivity index (χ2v) is 7.84. The van der Waals surface area contributed by atoms with E-state index in [-0.39, 0.29) is 18.1 Å². The van der Waals surface area contributed by atoms with Crippen LogP contribution in [0.3, 0.4) is 0 Å². The largest absolute Gasteiger partial charge is 0.484 e. The topological polar surface area (TPSA) is 91.2 Å². The Morgan fingerprint density at radius 3 is 2.39 bits per heavy atom. The zero-order chi connectivity index (χ0) is 23.8. The monoisotopic (exact) mass is 479 g/mol. The van der Waals surface area contributed by atoms with Crippen molar-refractivity contribution in [1.29, 1.82) is 5.26 Å². The van der Waals surface area contributed by atoms with Gasteiger partial charge in [-0.1, -0.05) is 53.0 Å². The van der Waals surface area contributed by atoms with Crippen molar-refractivity contribution in [3.05, 3.63) is 93.5 Å². The Morgan fingerprint density at radius 1 is 0.970 bits per heavy atom. The van der Waals surface area contributed by atoms with Crippen LogP contribution in [0.25, 0.3) is 6.08 Å². The van der Waals surface area contributed by atoms with Crippen LogP contribution < -0.4 is 15.4 Å². The Bertz CT molecular complexity index is 1250. The molecule has 0 bridgehead atoms. The minimum absolute atomic E-state index is 0.0647. The van der Waals surface area contributed by atoms with Gasteiger partial charge in [0.2, 0.25) is 0 Å². The van der Waals surface area contributed by atoms with Crippen molar-refractivity contribution in [2.75, 3.05) is 17.2 Å². The number of carbonyl (C=O) groups excluding carboxylic acids is 2. The molecule has 2 amide bonds. The minimum Gasteiger partial charge on any atom is -0.484 e. The average Bonchev–Trinajstić information content (AvgIpc) is 2.80. The third kappa shape index (κ3) is 7.11. The normalized spacial score (nSPS) is 10.8. The summed E-state index contributed by atoms with van der Waals surface area (Å²) in [6.07, 6.45) is 1.45. The Balaban J connectivity index is 1.62. The maximum Gasteiger partial charge on any atom is 0.266 e. The first-order valence-corrected chi connectivity index (χ1v) is 10.6. The summed E-state index contributed by atoms with van der Waals surface area (Å²) in [5.41, 5.74) is 2.66. The number of rotatable bonds is 7. The number of nitrogens with one attached hydrogen (secondary N) is 2. The maximum atomic E-state index is 12.4. The number of ether oxygens (including phenoxy) is 1. The van der Waals surface area contributed by atoms with Crippen LogP contribution in [-0.4, -0.2) is 18.4 Å². The summed E-state index contributed by atoms with van der Waals surface area (Å²) < 4.78 is 5.53. The number of nitrogens with zero attached hydrogens (tertiary/aromatic N) is 1. The van der Waals surface area contributed by atoms with Crippen LogP contribution in [0.4, 0.5) is 11.4 Å². The fraction of sp³-hybridized carbons (Fsp3) is 0.0800. The predicted molar refractivity (Wildman–Crippen MR) is 130 cm³/mol. The summed E-state index contributed by atoms with van der Waals surface area (Å²) in [5.74, 6) is -0.498. The Morgan fingerprint density at radius 2 is 1.70 bits per heavy atom. The van der Waals surface area contributed by atoms with E-state index in [9.17, 15) is 14.9 Å². The molecule has 0 heterocycles. The molecule has 166 valence electrons. The highest BCUT2D eigenvalue weighted by Gasteiger charge is 2.10. The molecule has 3 rings (SSSR count). The number of aryl methyl sites for hydroxylation is 1. The van der Waals surface area contributed by atoms with Gasteiger partial charge in [0.15, 0.2) is 6.61 Å². The van der Waals surface area contributed by atoms with E-state index in [0.717, 1.165) is 5.56 Å². The first kappa shape index (κ1) is 23.9. The van der Waals surface area contributed by atoms with Gasteiger partial charge in [-0.3, -0.25) is 9.59 Å². The number of nitriles is 1. The molecule has 0 aliphatic rings. The van der Waals surface area contributed by atoms with Crippen LogP contribution in [0.15, 0.2) is 72.3 Å². The van der Waals surface area contributed by atoms with Crippen molar-refractivity contribution < 1.29 is 14.3 Å². The van der Waals surface area contributed by atoms with Crippen LogP contribution in [0.1, 0.15) is 11.1 Å². The summed E-state index contributed by atoms with van der Waals surface area (Å²) in [6, 6.07) is 20.6. The van der Waals surface area contributed by atoms with Gasteiger partial charge in [0.1, 0.15) is 17.4 Å². The molecule has 0 aliphatic carbocycles. The molecule has 0 spiro atoms. The lowest BCUT2D eigenvalue weighted by Crippen LogP contribution is -2.20. The zero-order valence-electron chi connectivity index (χ0n) is 17.6. The molecular formula is C25H19Cl2N3O3. The Hall–Kier alpha value is -3.79. The molecule has 3 aromatic carbocycles. The van der Waals surface area contributed by atoms with Gasteiger partial charge in [-0.25, -0.2) is 0 Å². The fourth-order valence-corrected chi connectivity index (χ4v) is 3.06. The van der Waals surface area contributed by atoms with Gasteiger partial charge in [-0.15, -0.1) is 0 Å². The van der Waals surface area contributed by atoms with Crippen molar-refractivity contribution in [2.45, 2.75) is 6.92 Å². The lowest BCUT2D eigenvalue weighted by molar-refractivity contribution is -0.118. The van der Waals surface area contributed by atoms with Gasteiger partial charge >= 0.3 is 0 Å². The van der Waals surface area contributed by atoms with E-state index in [1.54, 1.807) is 48.5 Å². The van der Waals surface area contributed by atoms with Crippen LogP contribution >= 0.6 is 23.2 Å². The lowest BCUT2D eigenvalue weighted by atomic mass is 10.1. The second-order valence-electron chi connectivity index (χ2n) is 7.03. The second kappa shape index (κ2) is 11.2. The van der Waals surface area contributed by atoms with Gasteiger partial charge in [-0.05, 0) is 61.0 Å². The van der Waals surface area contributed by atoms with E-state index in [2.05, 4.69) is 10.6 Å². The minimum atomic E-state index is -0.520. The highest BCUT2D eigenvalue weighted by atomic mass is 35.5. The molecule has 0 saturated heterocycles. The molecule has 6 nitrogen and oxygen atoms in total. The third-order valence-corrected chi connectivity index (χ3v) is 5.16. The average molecular weight is 480 g/mol. The van der Waals surface area contributed by atoms with E-state index in [1.165, 1.54) is 12.1 Å². The quantitative estimate of drug-likeness (QED) is 0.327. The molecule has 0 aromatic heterocycles. The van der Waals surface area contributed by atoms with Crippen molar-refractivity contribution in [3.63, 3.8) is 0 Å². The Kier molecular flexibility index (Phi) is 8.09. The number of hydrogen-bond acceptors (Lipinski definition) is 4. The van der Waals surface area contributed by atoms with Gasteiger partial charge < -0.3 is 15.4 Å². The number of carbonyl (C=O) groups is 2. The molecule has 0 aliphatic heterocycles. The summed E-state index contributed by atoms with van der Waals surface area (Å²) >= 11 is 11.8. The van der Waals surface area contributed by atoms with Gasteiger partial charge in [-0.2, -0.15) is 5.26 Å². The van der Waals surface area contributed by atoms with Gasteiger partial charge in [0, 0.05) is 11.4 Å². The molecule has 0 saturated carbocycles. The lowest BCUT2D eigenvalue weighted by Gasteiger charge is -2.09. The van der Waals surface area contributed by atoms with Crippen LogP contribution in [-0.2, 0) is 9.59 Å². The third-order valence-electron chi connectivity index (χ3n) is 4.42. The first-order valence-electron chi connectivity index (χ1n) is 9.81. The number of amides is 2. The van der Waals surface area contributed by atoms with Crippen molar-refractivity contribution >= 4 is 52.5 Å². The molecule has 3 aromatic rings. The predicted octanol–water partition coefficient (Wildman–Crippen LogP) is 5.87. The molecular weight excluding hydrogens is 461 g/mol. The van der Waals surface area contributed by atoms with E-state index in [1.807, 2.05) is 25.1 Å². The number of benzene rings is 3. The van der Waals surface area contributed by atoms with Crippen molar-refractivity contribution in [2.24, 2.45) is 0 Å². The van der Waals surface area contributed by atoms with E-state index in [4.69, 9.17) is 27.9 Å². The molecule has 2 N–H and O–H groups in total. The standard InChI is InChI=1S/C25H19Cl2N3O3/c1-16-5-7-19(8-6-16)30-25(32)18(14-28)11-17-3-2-4-21(12-17)33-15-24(31)29-20-9-10-22(26)23(27)13-20/h2-13H,15H2,1H3,(H,29,31)(H,30,32). The van der Waals surface area contributed by atoms with E-state index < -0.39 is 5.91 Å². The van der Waals surface area contributed by atoms with Crippen molar-refractivity contribution in [3.8, 4) is 11.8 Å². The van der Waals surface area contributed by atoms with Crippen LogP contribution in [0.5, 0.6) is 5.75 Å². The first-order chi connectivity index (χ1) is 15.8. The molecule has 33 heavy (non-hydrogen) atoms. The summed E-state index contributed by atoms with van der Waals surface area (Å²) in [4.78, 5) is 24.6. The van der Waals surface area contributed by atoms with E-state index in [0.29, 0.717) is 32.7 Å². The van der Waals surface area contributed by atoms with Crippen molar-refractivity contribution in [1.82, 2.24) is 0 Å². The van der Waals surface area contributed by atoms with Crippen LogP contribution in [0, 0.1) is 18.3 Å². The summed E-state index contributed by atoms with van der Waals surface area (Å²) in [5, 5.41) is 15.5. The van der Waals surface area contributed by atoms with Gasteiger partial charge in [0.05, 0.1) is 10.0 Å². The maximum absolute atomic E-state index is 12.4. The number of hydrogen-bond donors (Lipinski definition) is 2. The summed E-state index contributed by atoms with van der Waals surface area (Å²) in [6.45, 7) is 1.70. The SMILES string of the molecule is Cc1ccc(NC(=O)C(C#N)=Cc2cccc(OCC(=O)Nc3ccc(Cl)c(Cl)c3)c2)cc1.